The van der Waals surface area contributed by atoms with Crippen LogP contribution in [0.25, 0.3) is 22.1 Å². The summed E-state index contributed by atoms with van der Waals surface area (Å²) in [7, 11) is 0. The Balaban J connectivity index is 1.43. The van der Waals surface area contributed by atoms with Crippen LogP contribution in [0.5, 0.6) is 0 Å². The lowest BCUT2D eigenvalue weighted by atomic mass is 9.98. The van der Waals surface area contributed by atoms with E-state index in [1.54, 1.807) is 41.6 Å². The summed E-state index contributed by atoms with van der Waals surface area (Å²) in [6.45, 7) is 0.818. The zero-order chi connectivity index (χ0) is 22.1. The molecule has 7 heteroatoms. The van der Waals surface area contributed by atoms with Gasteiger partial charge in [0.2, 0.25) is 5.91 Å². The fraction of sp³-hybridized carbons (Fsp3) is 0.160. The Bertz CT molecular complexity index is 1300. The van der Waals surface area contributed by atoms with Gasteiger partial charge in [0.15, 0.2) is 5.76 Å². The second-order valence-corrected chi connectivity index (χ2v) is 8.18. The molecular formula is C25H20ClN3O3. The highest BCUT2D eigenvalue weighted by molar-refractivity contribution is 6.31. The van der Waals surface area contributed by atoms with E-state index in [1.807, 2.05) is 36.4 Å². The first kappa shape index (κ1) is 20.3. The molecule has 2 aromatic carbocycles. The van der Waals surface area contributed by atoms with Crippen LogP contribution in [0, 0.1) is 0 Å². The van der Waals surface area contributed by atoms with E-state index in [2.05, 4.69) is 10.3 Å². The summed E-state index contributed by atoms with van der Waals surface area (Å²) in [6.07, 6.45) is 3.93. The van der Waals surface area contributed by atoms with Gasteiger partial charge in [-0.15, -0.1) is 0 Å². The van der Waals surface area contributed by atoms with Gasteiger partial charge in [-0.1, -0.05) is 41.9 Å². The van der Waals surface area contributed by atoms with Crippen molar-refractivity contribution in [2.45, 2.75) is 12.5 Å². The lowest BCUT2D eigenvalue weighted by Crippen LogP contribution is -2.58. The fourth-order valence-corrected chi connectivity index (χ4v) is 4.24. The second-order valence-electron chi connectivity index (χ2n) is 7.74. The van der Waals surface area contributed by atoms with E-state index in [1.165, 1.54) is 0 Å². The predicted octanol–water partition coefficient (Wildman–Crippen LogP) is 4.33. The van der Waals surface area contributed by atoms with Crippen molar-refractivity contribution in [1.29, 1.82) is 0 Å². The molecule has 160 valence electrons. The van der Waals surface area contributed by atoms with E-state index < -0.39 is 6.04 Å². The van der Waals surface area contributed by atoms with E-state index in [4.69, 9.17) is 16.0 Å². The number of carbonyl (C=O) groups is 2. The molecule has 1 aliphatic rings. The molecule has 1 atom stereocenters. The van der Waals surface area contributed by atoms with Gasteiger partial charge in [-0.05, 0) is 47.0 Å². The molecule has 1 aliphatic heterocycles. The zero-order valence-corrected chi connectivity index (χ0v) is 17.9. The van der Waals surface area contributed by atoms with Crippen molar-refractivity contribution in [1.82, 2.24) is 15.2 Å². The van der Waals surface area contributed by atoms with E-state index >= 15 is 0 Å². The highest BCUT2D eigenvalue weighted by Crippen LogP contribution is 2.26. The molecule has 3 heterocycles. The number of furan rings is 1. The number of nitrogens with zero attached hydrogens (tertiary/aromatic N) is 2. The number of halogens is 1. The zero-order valence-electron chi connectivity index (χ0n) is 17.1. The average Bonchev–Trinajstić information content (AvgIpc) is 3.24. The molecule has 1 fully saturated rings. The molecule has 2 aromatic heterocycles. The van der Waals surface area contributed by atoms with Gasteiger partial charge >= 0.3 is 0 Å². The minimum absolute atomic E-state index is 0.171. The molecule has 0 bridgehead atoms. The molecule has 0 saturated carbocycles. The molecule has 5 rings (SSSR count). The maximum atomic E-state index is 13.3. The fourth-order valence-electron chi connectivity index (χ4n) is 4.06. The van der Waals surface area contributed by atoms with Crippen LogP contribution in [0.15, 0.2) is 77.5 Å². The van der Waals surface area contributed by atoms with E-state index in [0.717, 1.165) is 22.1 Å². The largest absolute Gasteiger partial charge is 0.451 e. The summed E-state index contributed by atoms with van der Waals surface area (Å²) < 4.78 is 5.76. The van der Waals surface area contributed by atoms with Crippen LogP contribution in [-0.4, -0.2) is 40.8 Å². The second kappa shape index (κ2) is 8.48. The van der Waals surface area contributed by atoms with Gasteiger partial charge in [0.05, 0.1) is 0 Å². The number of hydrogen-bond acceptors (Lipinski definition) is 4. The third-order valence-corrected chi connectivity index (χ3v) is 5.87. The lowest BCUT2D eigenvalue weighted by Gasteiger charge is -2.34. The molecule has 4 aromatic rings. The van der Waals surface area contributed by atoms with Crippen molar-refractivity contribution in [3.8, 4) is 11.1 Å². The number of rotatable bonds is 4. The molecule has 1 saturated heterocycles. The summed E-state index contributed by atoms with van der Waals surface area (Å²) in [5.41, 5.74) is 3.55. The normalized spacial score (nSPS) is 16.2. The SMILES string of the molecule is O=C1NCCN(C(=O)c2cc3cc(Cl)ccc3o2)[C@H]1Cc1cccc(-c2cccnc2)c1. The highest BCUT2D eigenvalue weighted by Gasteiger charge is 2.35. The summed E-state index contributed by atoms with van der Waals surface area (Å²) >= 11 is 6.05. The lowest BCUT2D eigenvalue weighted by molar-refractivity contribution is -0.127. The van der Waals surface area contributed by atoms with Gasteiger partial charge in [0, 0.05) is 42.3 Å². The Hall–Kier alpha value is -3.64. The van der Waals surface area contributed by atoms with Crippen LogP contribution in [-0.2, 0) is 11.2 Å². The molecule has 0 aliphatic carbocycles. The summed E-state index contributed by atoms with van der Waals surface area (Å²) in [6, 6.07) is 18.1. The molecule has 6 nitrogen and oxygen atoms in total. The minimum atomic E-state index is -0.628. The first-order chi connectivity index (χ1) is 15.6. The van der Waals surface area contributed by atoms with Gasteiger partial charge in [-0.25, -0.2) is 0 Å². The molecule has 32 heavy (non-hydrogen) atoms. The van der Waals surface area contributed by atoms with Crippen LogP contribution in [0.2, 0.25) is 5.02 Å². The third-order valence-electron chi connectivity index (χ3n) is 5.63. The first-order valence-electron chi connectivity index (χ1n) is 10.4. The Morgan fingerprint density at radius 2 is 2.00 bits per heavy atom. The van der Waals surface area contributed by atoms with Crippen molar-refractivity contribution in [2.24, 2.45) is 0 Å². The number of piperazine rings is 1. The van der Waals surface area contributed by atoms with Crippen LogP contribution < -0.4 is 5.32 Å². The molecule has 1 N–H and O–H groups in total. The van der Waals surface area contributed by atoms with Gasteiger partial charge in [-0.3, -0.25) is 14.6 Å². The molecule has 2 amide bonds. The Morgan fingerprint density at radius 3 is 2.84 bits per heavy atom. The quantitative estimate of drug-likeness (QED) is 0.507. The number of hydrogen-bond donors (Lipinski definition) is 1. The van der Waals surface area contributed by atoms with Gasteiger partial charge < -0.3 is 14.6 Å². The summed E-state index contributed by atoms with van der Waals surface area (Å²) in [4.78, 5) is 31.8. The smallest absolute Gasteiger partial charge is 0.290 e. The van der Waals surface area contributed by atoms with E-state index in [-0.39, 0.29) is 17.6 Å². The van der Waals surface area contributed by atoms with Crippen LogP contribution in [0.4, 0.5) is 0 Å². The molecular weight excluding hydrogens is 426 g/mol. The van der Waals surface area contributed by atoms with Crippen LogP contribution in [0.3, 0.4) is 0 Å². The Kier molecular flexibility index (Phi) is 5.37. The standard InChI is InChI=1S/C25H20ClN3O3/c26-20-6-7-22-19(13-20)14-23(32-22)25(31)29-10-9-28-24(30)21(29)12-16-3-1-4-17(11-16)18-5-2-8-27-15-18/h1-8,11,13-15,21H,9-10,12H2,(H,28,30)/t21-/m0/s1. The van der Waals surface area contributed by atoms with Crippen molar-refractivity contribution < 1.29 is 14.0 Å². The Labute approximate surface area is 189 Å². The van der Waals surface area contributed by atoms with Crippen LogP contribution >= 0.6 is 11.6 Å². The summed E-state index contributed by atoms with van der Waals surface area (Å²) in [5.74, 6) is -0.276. The average molecular weight is 446 g/mol. The van der Waals surface area contributed by atoms with Crippen molar-refractivity contribution in [2.75, 3.05) is 13.1 Å². The number of fused-ring (bicyclic) bond motifs is 1. The number of nitrogens with one attached hydrogen (secondary N) is 1. The van der Waals surface area contributed by atoms with E-state index in [0.29, 0.717) is 30.1 Å². The van der Waals surface area contributed by atoms with E-state index in [9.17, 15) is 9.59 Å². The third kappa shape index (κ3) is 3.97. The number of pyridine rings is 1. The van der Waals surface area contributed by atoms with Crippen LogP contribution in [0.1, 0.15) is 16.1 Å². The number of carbonyl (C=O) groups excluding carboxylic acids is 2. The van der Waals surface area contributed by atoms with Gasteiger partial charge in [-0.2, -0.15) is 0 Å². The number of amides is 2. The minimum Gasteiger partial charge on any atom is -0.451 e. The van der Waals surface area contributed by atoms with Crippen molar-refractivity contribution >= 4 is 34.4 Å². The van der Waals surface area contributed by atoms with Crippen molar-refractivity contribution in [3.63, 3.8) is 0 Å². The number of aromatic nitrogens is 1. The Morgan fingerprint density at radius 1 is 1.12 bits per heavy atom. The molecule has 0 spiro atoms. The predicted molar refractivity (Wildman–Crippen MR) is 122 cm³/mol. The van der Waals surface area contributed by atoms with Gasteiger partial charge in [0.1, 0.15) is 11.6 Å². The first-order valence-corrected chi connectivity index (χ1v) is 10.7. The maximum absolute atomic E-state index is 13.3. The van der Waals surface area contributed by atoms with Crippen molar-refractivity contribution in [3.05, 3.63) is 89.4 Å². The number of benzene rings is 2. The molecule has 0 unspecified atom stereocenters. The summed E-state index contributed by atoms with van der Waals surface area (Å²) in [5, 5.41) is 4.20. The monoisotopic (exact) mass is 445 g/mol. The maximum Gasteiger partial charge on any atom is 0.290 e. The topological polar surface area (TPSA) is 75.4 Å². The molecule has 0 radical (unpaired) electrons. The van der Waals surface area contributed by atoms with Gasteiger partial charge in [0.25, 0.3) is 5.91 Å². The highest BCUT2D eigenvalue weighted by atomic mass is 35.5.